The summed E-state index contributed by atoms with van der Waals surface area (Å²) in [7, 11) is 0. The Bertz CT molecular complexity index is 903. The number of imidazole rings is 2. The summed E-state index contributed by atoms with van der Waals surface area (Å²) in [6, 6.07) is 5.33. The molecule has 0 radical (unpaired) electrons. The fourth-order valence-electron chi connectivity index (χ4n) is 2.31. The fourth-order valence-corrected chi connectivity index (χ4v) is 3.07. The number of aryl methyl sites for hydroxylation is 1. The summed E-state index contributed by atoms with van der Waals surface area (Å²) in [5.41, 5.74) is 3.26. The molecule has 6 heteroatoms. The van der Waals surface area contributed by atoms with Crippen LogP contribution in [-0.4, -0.2) is 24.5 Å². The van der Waals surface area contributed by atoms with Crippen molar-refractivity contribution in [2.24, 2.45) is 0 Å². The molecule has 0 fully saturated rings. The minimum atomic E-state index is 0.184. The number of fused-ring (bicyclic) bond motifs is 2. The molecule has 3 heterocycles. The van der Waals surface area contributed by atoms with Gasteiger partial charge < -0.3 is 10.1 Å². The van der Waals surface area contributed by atoms with Gasteiger partial charge in [0.1, 0.15) is 17.0 Å². The van der Waals surface area contributed by atoms with Crippen molar-refractivity contribution in [3.8, 4) is 17.3 Å². The Morgan fingerprint density at radius 3 is 2.81 bits per heavy atom. The van der Waals surface area contributed by atoms with Crippen molar-refractivity contribution in [2.45, 2.75) is 20.8 Å². The van der Waals surface area contributed by atoms with Gasteiger partial charge in [-0.3, -0.25) is 4.40 Å². The molecule has 0 aliphatic carbocycles. The van der Waals surface area contributed by atoms with Crippen LogP contribution in [0.25, 0.3) is 27.5 Å². The lowest BCUT2D eigenvalue weighted by Gasteiger charge is -1.95. The van der Waals surface area contributed by atoms with Gasteiger partial charge in [0.15, 0.2) is 10.8 Å². The first-order valence-corrected chi connectivity index (χ1v) is 7.72. The van der Waals surface area contributed by atoms with Gasteiger partial charge in [-0.25, -0.2) is 9.97 Å². The number of nitrogens with one attached hydrogen (secondary N) is 1. The van der Waals surface area contributed by atoms with Crippen LogP contribution in [0.3, 0.4) is 0 Å². The van der Waals surface area contributed by atoms with Crippen LogP contribution in [-0.2, 0) is 0 Å². The van der Waals surface area contributed by atoms with Gasteiger partial charge in [0.2, 0.25) is 0 Å². The molecular formula is C15H16N4OS. The van der Waals surface area contributed by atoms with Crippen molar-refractivity contribution < 1.29 is 5.11 Å². The third-order valence-electron chi connectivity index (χ3n) is 3.15. The van der Waals surface area contributed by atoms with E-state index in [-0.39, 0.29) is 5.75 Å². The van der Waals surface area contributed by atoms with E-state index < -0.39 is 0 Å². The largest absolute Gasteiger partial charge is 0.506 e. The molecule has 0 aliphatic heterocycles. The van der Waals surface area contributed by atoms with Crippen molar-refractivity contribution in [2.75, 3.05) is 0 Å². The topological polar surface area (TPSA) is 66.2 Å². The number of phenolic OH excluding ortho intramolecular Hbond substituents is 1. The predicted molar refractivity (Wildman–Crippen MR) is 85.9 cm³/mol. The van der Waals surface area contributed by atoms with Crippen LogP contribution < -0.4 is 0 Å². The molecule has 0 spiro atoms. The number of aromatic nitrogens is 4. The summed E-state index contributed by atoms with van der Waals surface area (Å²) in [6.45, 7) is 5.96. The maximum Gasteiger partial charge on any atom is 0.194 e. The summed E-state index contributed by atoms with van der Waals surface area (Å²) in [4.78, 5) is 13.2. The minimum Gasteiger partial charge on any atom is -0.506 e. The Labute approximate surface area is 125 Å². The summed E-state index contributed by atoms with van der Waals surface area (Å²) in [6.07, 6.45) is 1.97. The molecule has 4 aromatic rings. The van der Waals surface area contributed by atoms with E-state index in [0.29, 0.717) is 5.52 Å². The standard InChI is InChI=1S/C13H10N4OS.C2H6/c1-7-11(17-5-6-19-13(17)14-7)12-15-8-3-2-4-9(18)10(8)16-12;1-2/h2-6,18H,1H3,(H,15,16);1-2H3. The molecule has 21 heavy (non-hydrogen) atoms. The summed E-state index contributed by atoms with van der Waals surface area (Å²) < 4.78 is 2.01. The minimum absolute atomic E-state index is 0.184. The second kappa shape index (κ2) is 5.21. The van der Waals surface area contributed by atoms with Crippen LogP contribution in [0.4, 0.5) is 0 Å². The molecule has 0 bridgehead atoms. The molecule has 108 valence electrons. The average Bonchev–Trinajstić information content (AvgIpc) is 3.15. The van der Waals surface area contributed by atoms with Crippen LogP contribution >= 0.6 is 11.3 Å². The van der Waals surface area contributed by atoms with Gasteiger partial charge in [-0.2, -0.15) is 0 Å². The Kier molecular flexibility index (Phi) is 3.39. The van der Waals surface area contributed by atoms with Crippen molar-refractivity contribution in [1.29, 1.82) is 0 Å². The number of aromatic amines is 1. The number of hydrogen-bond acceptors (Lipinski definition) is 4. The summed E-state index contributed by atoms with van der Waals surface area (Å²) >= 11 is 1.59. The highest BCUT2D eigenvalue weighted by molar-refractivity contribution is 7.15. The zero-order chi connectivity index (χ0) is 15.0. The molecule has 0 saturated heterocycles. The first-order chi connectivity index (χ1) is 10.2. The highest BCUT2D eigenvalue weighted by Gasteiger charge is 2.16. The monoisotopic (exact) mass is 300 g/mol. The van der Waals surface area contributed by atoms with Gasteiger partial charge in [0, 0.05) is 11.6 Å². The van der Waals surface area contributed by atoms with E-state index in [2.05, 4.69) is 15.0 Å². The molecule has 2 N–H and O–H groups in total. The van der Waals surface area contributed by atoms with Crippen LogP contribution in [0.1, 0.15) is 19.5 Å². The van der Waals surface area contributed by atoms with Gasteiger partial charge in [-0.05, 0) is 19.1 Å². The van der Waals surface area contributed by atoms with Gasteiger partial charge in [-0.1, -0.05) is 19.9 Å². The van der Waals surface area contributed by atoms with Gasteiger partial charge in [-0.15, -0.1) is 11.3 Å². The molecule has 5 nitrogen and oxygen atoms in total. The number of aromatic hydroxyl groups is 1. The lowest BCUT2D eigenvalue weighted by atomic mass is 10.3. The van der Waals surface area contributed by atoms with E-state index in [1.54, 1.807) is 23.5 Å². The van der Waals surface area contributed by atoms with Gasteiger partial charge in [0.25, 0.3) is 0 Å². The van der Waals surface area contributed by atoms with Crippen LogP contribution in [0, 0.1) is 6.92 Å². The second-order valence-electron chi connectivity index (χ2n) is 4.36. The number of benzene rings is 1. The number of nitrogens with zero attached hydrogens (tertiary/aromatic N) is 3. The Morgan fingerprint density at radius 2 is 2.05 bits per heavy atom. The van der Waals surface area contributed by atoms with Crippen molar-refractivity contribution in [1.82, 2.24) is 19.4 Å². The van der Waals surface area contributed by atoms with Gasteiger partial charge >= 0.3 is 0 Å². The Hall–Kier alpha value is -2.34. The maximum absolute atomic E-state index is 9.82. The van der Waals surface area contributed by atoms with Crippen LogP contribution in [0.2, 0.25) is 0 Å². The molecule has 0 aliphatic rings. The number of para-hydroxylation sites is 1. The lowest BCUT2D eigenvalue weighted by molar-refractivity contribution is 0.480. The molecule has 0 saturated carbocycles. The maximum atomic E-state index is 9.82. The molecule has 4 rings (SSSR count). The first kappa shape index (κ1) is 13.6. The summed E-state index contributed by atoms with van der Waals surface area (Å²) in [5, 5.41) is 11.8. The van der Waals surface area contributed by atoms with Crippen LogP contribution in [0.5, 0.6) is 5.75 Å². The molecule has 1 aromatic carbocycles. The van der Waals surface area contributed by atoms with Gasteiger partial charge in [0.05, 0.1) is 11.2 Å². The number of phenols is 1. The lowest BCUT2D eigenvalue weighted by Crippen LogP contribution is -1.88. The van der Waals surface area contributed by atoms with E-state index in [4.69, 9.17) is 0 Å². The molecule has 3 aromatic heterocycles. The second-order valence-corrected chi connectivity index (χ2v) is 5.23. The third kappa shape index (κ3) is 2.08. The van der Waals surface area contributed by atoms with E-state index in [9.17, 15) is 5.11 Å². The Balaban J connectivity index is 0.000000636. The normalized spacial score (nSPS) is 10.8. The zero-order valence-corrected chi connectivity index (χ0v) is 12.9. The van der Waals surface area contributed by atoms with Crippen LogP contribution in [0.15, 0.2) is 29.8 Å². The quantitative estimate of drug-likeness (QED) is 0.559. The number of H-pyrrole nitrogens is 1. The van der Waals surface area contributed by atoms with E-state index in [0.717, 1.165) is 27.7 Å². The molecule has 0 amide bonds. The zero-order valence-electron chi connectivity index (χ0n) is 12.1. The smallest absolute Gasteiger partial charge is 0.194 e. The number of hydrogen-bond donors (Lipinski definition) is 2. The molecule has 0 unspecified atom stereocenters. The molecular weight excluding hydrogens is 284 g/mol. The van der Waals surface area contributed by atoms with E-state index >= 15 is 0 Å². The first-order valence-electron chi connectivity index (χ1n) is 6.84. The van der Waals surface area contributed by atoms with Crippen molar-refractivity contribution in [3.63, 3.8) is 0 Å². The number of thiazole rings is 1. The fraction of sp³-hybridized carbons (Fsp3) is 0.200. The van der Waals surface area contributed by atoms with E-state index in [1.807, 2.05) is 42.8 Å². The highest BCUT2D eigenvalue weighted by atomic mass is 32.1. The average molecular weight is 300 g/mol. The number of rotatable bonds is 1. The SMILES string of the molecule is CC.Cc1nc2sccn2c1-c1nc2c(O)cccc2[nH]1. The molecule has 0 atom stereocenters. The third-order valence-corrected chi connectivity index (χ3v) is 3.91. The Morgan fingerprint density at radius 1 is 1.24 bits per heavy atom. The summed E-state index contributed by atoms with van der Waals surface area (Å²) in [5.74, 6) is 0.906. The highest BCUT2D eigenvalue weighted by Crippen LogP contribution is 2.29. The predicted octanol–water partition coefficient (Wildman–Crippen LogP) is 3.98. The van der Waals surface area contributed by atoms with E-state index in [1.165, 1.54) is 0 Å². The van der Waals surface area contributed by atoms with Crippen molar-refractivity contribution in [3.05, 3.63) is 35.5 Å². The van der Waals surface area contributed by atoms with Crippen molar-refractivity contribution >= 4 is 27.3 Å².